The van der Waals surface area contributed by atoms with Gasteiger partial charge in [-0.15, -0.1) is 0 Å². The normalized spacial score (nSPS) is 20.3. The van der Waals surface area contributed by atoms with Crippen molar-refractivity contribution in [2.24, 2.45) is 0 Å². The van der Waals surface area contributed by atoms with Gasteiger partial charge in [-0.2, -0.15) is 0 Å². The Bertz CT molecular complexity index is 851. The van der Waals surface area contributed by atoms with Crippen LogP contribution in [-0.4, -0.2) is 58.1 Å². The first-order valence-corrected chi connectivity index (χ1v) is 9.87. The molecule has 0 aliphatic carbocycles. The fourth-order valence-corrected chi connectivity index (χ4v) is 4.31. The number of nitrogens with one attached hydrogen (secondary N) is 1. The van der Waals surface area contributed by atoms with Gasteiger partial charge in [-0.25, -0.2) is 4.79 Å². The van der Waals surface area contributed by atoms with E-state index in [9.17, 15) is 9.59 Å². The van der Waals surface area contributed by atoms with Crippen LogP contribution in [0.5, 0.6) is 0 Å². The molecule has 1 N–H and O–H groups in total. The van der Waals surface area contributed by atoms with Gasteiger partial charge in [0.1, 0.15) is 5.60 Å². The lowest BCUT2D eigenvalue weighted by Crippen LogP contribution is -2.49. The Morgan fingerprint density at radius 2 is 2.07 bits per heavy atom. The highest BCUT2D eigenvalue weighted by molar-refractivity contribution is 5.98. The first-order chi connectivity index (χ1) is 13.0. The van der Waals surface area contributed by atoms with Crippen molar-refractivity contribution >= 4 is 22.9 Å². The van der Waals surface area contributed by atoms with E-state index in [1.54, 1.807) is 0 Å². The summed E-state index contributed by atoms with van der Waals surface area (Å²) < 4.78 is 5.80. The second-order valence-electron chi connectivity index (χ2n) is 7.89. The molecule has 4 rings (SSSR count). The molecule has 3 heterocycles. The smallest absolute Gasteiger partial charge is 0.410 e. The molecule has 0 bridgehead atoms. The van der Waals surface area contributed by atoms with Crippen LogP contribution in [-0.2, 0) is 4.74 Å². The number of amides is 2. The molecule has 1 atom stereocenters. The van der Waals surface area contributed by atoms with E-state index in [0.717, 1.165) is 23.7 Å². The molecule has 6 heteroatoms. The summed E-state index contributed by atoms with van der Waals surface area (Å²) in [5.41, 5.74) is 1.31. The third-order valence-corrected chi connectivity index (χ3v) is 6.00. The highest BCUT2D eigenvalue weighted by Gasteiger charge is 2.48. The Labute approximate surface area is 159 Å². The average molecular weight is 369 g/mol. The van der Waals surface area contributed by atoms with E-state index in [1.165, 1.54) is 0 Å². The summed E-state index contributed by atoms with van der Waals surface area (Å²) in [4.78, 5) is 32.1. The van der Waals surface area contributed by atoms with Crippen molar-refractivity contribution in [1.82, 2.24) is 14.8 Å². The lowest BCUT2D eigenvalue weighted by atomic mass is 9.90. The van der Waals surface area contributed by atoms with E-state index >= 15 is 0 Å². The van der Waals surface area contributed by atoms with Gasteiger partial charge >= 0.3 is 6.09 Å². The molecule has 2 amide bonds. The van der Waals surface area contributed by atoms with Crippen molar-refractivity contribution in [2.75, 3.05) is 19.6 Å². The highest BCUT2D eigenvalue weighted by Crippen LogP contribution is 2.35. The molecular formula is C21H27N3O3. The summed E-state index contributed by atoms with van der Waals surface area (Å²) in [6, 6.07) is 7.92. The lowest BCUT2D eigenvalue weighted by Gasteiger charge is -2.37. The predicted octanol–water partition coefficient (Wildman–Crippen LogP) is 3.78. The number of likely N-dealkylation sites (tertiary alicyclic amines) is 1. The van der Waals surface area contributed by atoms with Gasteiger partial charge in [0.25, 0.3) is 5.91 Å². The number of carbonyl (C=O) groups excluding carboxylic acids is 2. The molecule has 2 aromatic rings. The zero-order valence-corrected chi connectivity index (χ0v) is 16.0. The van der Waals surface area contributed by atoms with Crippen LogP contribution in [0.15, 0.2) is 30.5 Å². The van der Waals surface area contributed by atoms with E-state index in [2.05, 4.69) is 18.8 Å². The lowest BCUT2D eigenvalue weighted by molar-refractivity contribution is 0.00307. The fraction of sp³-hybridized carbons (Fsp3) is 0.524. The summed E-state index contributed by atoms with van der Waals surface area (Å²) in [7, 11) is 0. The minimum atomic E-state index is -0.430. The quantitative estimate of drug-likeness (QED) is 0.892. The van der Waals surface area contributed by atoms with Gasteiger partial charge in [0.15, 0.2) is 0 Å². The Morgan fingerprint density at radius 1 is 1.30 bits per heavy atom. The summed E-state index contributed by atoms with van der Waals surface area (Å²) in [6.45, 7) is 6.09. The Morgan fingerprint density at radius 3 is 2.81 bits per heavy atom. The van der Waals surface area contributed by atoms with Gasteiger partial charge in [-0.1, -0.05) is 13.3 Å². The number of rotatable bonds is 4. The summed E-state index contributed by atoms with van der Waals surface area (Å²) in [6.07, 6.45) is 5.11. The van der Waals surface area contributed by atoms with Crippen molar-refractivity contribution in [3.05, 3.63) is 36.0 Å². The van der Waals surface area contributed by atoms with E-state index in [0.29, 0.717) is 38.0 Å². The van der Waals surface area contributed by atoms with Gasteiger partial charge in [-0.3, -0.25) is 4.79 Å². The van der Waals surface area contributed by atoms with E-state index in [-0.39, 0.29) is 18.0 Å². The Balaban J connectivity index is 1.41. The Hall–Kier alpha value is -2.50. The van der Waals surface area contributed by atoms with Crippen LogP contribution in [0, 0.1) is 0 Å². The molecule has 0 radical (unpaired) electrons. The summed E-state index contributed by atoms with van der Waals surface area (Å²) in [5, 5.41) is 1.04. The number of fused-ring (bicyclic) bond motifs is 1. The number of hydrogen-bond acceptors (Lipinski definition) is 3. The standard InChI is InChI=1S/C21H27N3O3/c1-3-4-15(2)24-14-21(27-20(24)26)8-11-23(12-9-21)19(25)17-5-6-18-16(13-17)7-10-22-18/h5-7,10,13,15,22H,3-4,8-9,11-12,14H2,1-2H3/t15-/m1/s1. The minimum Gasteiger partial charge on any atom is -0.441 e. The first kappa shape index (κ1) is 17.9. The maximum absolute atomic E-state index is 12.9. The third kappa shape index (κ3) is 3.29. The number of carbonyl (C=O) groups is 2. The molecule has 1 aromatic heterocycles. The average Bonchev–Trinajstić information content (AvgIpc) is 3.26. The molecular weight excluding hydrogens is 342 g/mol. The molecule has 1 aromatic carbocycles. The van der Waals surface area contributed by atoms with Crippen LogP contribution >= 0.6 is 0 Å². The van der Waals surface area contributed by atoms with Crippen LogP contribution < -0.4 is 0 Å². The largest absolute Gasteiger partial charge is 0.441 e. The summed E-state index contributed by atoms with van der Waals surface area (Å²) >= 11 is 0. The van der Waals surface area contributed by atoms with E-state index in [1.807, 2.05) is 40.3 Å². The Kier molecular flexibility index (Phi) is 4.58. The number of ether oxygens (including phenoxy) is 1. The number of aromatic nitrogens is 1. The topological polar surface area (TPSA) is 65.6 Å². The van der Waals surface area contributed by atoms with Crippen LogP contribution in [0.3, 0.4) is 0 Å². The predicted molar refractivity (Wildman–Crippen MR) is 104 cm³/mol. The molecule has 2 saturated heterocycles. The number of hydrogen-bond donors (Lipinski definition) is 1. The molecule has 2 fully saturated rings. The number of aromatic amines is 1. The second-order valence-corrected chi connectivity index (χ2v) is 7.89. The number of H-pyrrole nitrogens is 1. The van der Waals surface area contributed by atoms with Gasteiger partial charge < -0.3 is 19.5 Å². The zero-order chi connectivity index (χ0) is 19.0. The fourth-order valence-electron chi connectivity index (χ4n) is 4.31. The third-order valence-electron chi connectivity index (χ3n) is 6.00. The van der Waals surface area contributed by atoms with Crippen LogP contribution in [0.1, 0.15) is 49.9 Å². The summed E-state index contributed by atoms with van der Waals surface area (Å²) in [5.74, 6) is 0.0495. The van der Waals surface area contributed by atoms with Crippen molar-refractivity contribution in [3.8, 4) is 0 Å². The van der Waals surface area contributed by atoms with E-state index < -0.39 is 5.60 Å². The maximum atomic E-state index is 12.9. The number of piperidine rings is 1. The van der Waals surface area contributed by atoms with Crippen molar-refractivity contribution in [1.29, 1.82) is 0 Å². The molecule has 0 saturated carbocycles. The van der Waals surface area contributed by atoms with Crippen LogP contribution in [0.2, 0.25) is 0 Å². The molecule has 2 aliphatic rings. The van der Waals surface area contributed by atoms with Crippen LogP contribution in [0.25, 0.3) is 10.9 Å². The molecule has 144 valence electrons. The van der Waals surface area contributed by atoms with Gasteiger partial charge in [0.2, 0.25) is 0 Å². The van der Waals surface area contributed by atoms with Crippen molar-refractivity contribution < 1.29 is 14.3 Å². The minimum absolute atomic E-state index is 0.0495. The highest BCUT2D eigenvalue weighted by atomic mass is 16.6. The monoisotopic (exact) mass is 369 g/mol. The first-order valence-electron chi connectivity index (χ1n) is 9.87. The maximum Gasteiger partial charge on any atom is 0.410 e. The van der Waals surface area contributed by atoms with Gasteiger partial charge in [-0.05, 0) is 37.6 Å². The molecule has 1 spiro atoms. The van der Waals surface area contributed by atoms with Gasteiger partial charge in [0.05, 0.1) is 6.54 Å². The van der Waals surface area contributed by atoms with Crippen LogP contribution in [0.4, 0.5) is 4.79 Å². The molecule has 2 aliphatic heterocycles. The van der Waals surface area contributed by atoms with E-state index in [4.69, 9.17) is 4.74 Å². The van der Waals surface area contributed by atoms with Crippen molar-refractivity contribution in [2.45, 2.75) is 51.2 Å². The van der Waals surface area contributed by atoms with Gasteiger partial charge in [0, 0.05) is 54.6 Å². The SMILES string of the molecule is CCC[C@@H](C)N1CC2(CCN(C(=O)c3ccc4[nH]ccc4c3)CC2)OC1=O. The number of nitrogens with zero attached hydrogens (tertiary/aromatic N) is 2. The van der Waals surface area contributed by atoms with Crippen molar-refractivity contribution in [3.63, 3.8) is 0 Å². The number of benzene rings is 1. The molecule has 6 nitrogen and oxygen atoms in total. The zero-order valence-electron chi connectivity index (χ0n) is 16.0. The second kappa shape index (κ2) is 6.91. The molecule has 27 heavy (non-hydrogen) atoms. The molecule has 0 unspecified atom stereocenters.